The largest absolute Gasteiger partial charge is 0.322 e. The molecule has 0 aromatic heterocycles. The first-order valence-electron chi connectivity index (χ1n) is 9.99. The van der Waals surface area contributed by atoms with Crippen LogP contribution in [0.4, 0.5) is 11.4 Å². The summed E-state index contributed by atoms with van der Waals surface area (Å²) in [5.41, 5.74) is 3.83. The van der Waals surface area contributed by atoms with Gasteiger partial charge in [0.05, 0.1) is 17.5 Å². The van der Waals surface area contributed by atoms with Crippen molar-refractivity contribution in [2.45, 2.75) is 20.3 Å². The van der Waals surface area contributed by atoms with Gasteiger partial charge in [0.15, 0.2) is 0 Å². The van der Waals surface area contributed by atoms with Crippen LogP contribution in [0.1, 0.15) is 27.9 Å². The van der Waals surface area contributed by atoms with Gasteiger partial charge in [0.25, 0.3) is 5.91 Å². The van der Waals surface area contributed by atoms with Gasteiger partial charge in [-0.2, -0.15) is 0 Å². The Morgan fingerprint density at radius 1 is 0.897 bits per heavy atom. The Kier molecular flexibility index (Phi) is 3.95. The van der Waals surface area contributed by atoms with Crippen LogP contribution in [0.2, 0.25) is 0 Å². The van der Waals surface area contributed by atoms with Crippen LogP contribution in [-0.2, 0) is 9.59 Å². The SMILES string of the molecule is Cc1cccc(C)c1NC(=O)c1ccc(N2C(=O)[C@H]3[C@H](C2=O)[C@H]2C=C[C@H]3C2)cc1. The lowest BCUT2D eigenvalue weighted by Crippen LogP contribution is -2.32. The average molecular weight is 386 g/mol. The molecule has 29 heavy (non-hydrogen) atoms. The van der Waals surface area contributed by atoms with Gasteiger partial charge < -0.3 is 5.32 Å². The lowest BCUT2D eigenvalue weighted by Gasteiger charge is -2.17. The smallest absolute Gasteiger partial charge is 0.255 e. The number of nitrogens with one attached hydrogen (secondary N) is 1. The van der Waals surface area contributed by atoms with Crippen LogP contribution >= 0.6 is 0 Å². The van der Waals surface area contributed by atoms with Crippen molar-refractivity contribution in [3.8, 4) is 0 Å². The van der Waals surface area contributed by atoms with Crippen molar-refractivity contribution in [2.75, 3.05) is 10.2 Å². The molecule has 2 aromatic carbocycles. The third kappa shape index (κ3) is 2.64. The second-order valence-electron chi connectivity index (χ2n) is 8.28. The number of imide groups is 1. The lowest BCUT2D eigenvalue weighted by atomic mass is 9.85. The van der Waals surface area contributed by atoms with Crippen LogP contribution in [0.25, 0.3) is 0 Å². The van der Waals surface area contributed by atoms with Gasteiger partial charge in [-0.25, -0.2) is 0 Å². The van der Waals surface area contributed by atoms with E-state index in [1.807, 2.05) is 32.0 Å². The van der Waals surface area contributed by atoms with E-state index in [4.69, 9.17) is 0 Å². The maximum absolute atomic E-state index is 12.9. The fourth-order valence-corrected chi connectivity index (χ4v) is 5.12. The Morgan fingerprint density at radius 2 is 1.45 bits per heavy atom. The molecule has 1 aliphatic heterocycles. The number of aryl methyl sites for hydroxylation is 2. The second-order valence-corrected chi connectivity index (χ2v) is 8.28. The number of rotatable bonds is 3. The average Bonchev–Trinajstić information content (AvgIpc) is 3.39. The number of carbonyl (C=O) groups excluding carboxylic acids is 3. The number of para-hydroxylation sites is 1. The summed E-state index contributed by atoms with van der Waals surface area (Å²) in [5.74, 6) is -0.488. The van der Waals surface area contributed by atoms with Crippen molar-refractivity contribution in [3.05, 3.63) is 71.3 Å². The van der Waals surface area contributed by atoms with E-state index in [9.17, 15) is 14.4 Å². The second kappa shape index (κ2) is 6.41. The molecule has 0 radical (unpaired) electrons. The van der Waals surface area contributed by atoms with Crippen molar-refractivity contribution in [1.82, 2.24) is 0 Å². The van der Waals surface area contributed by atoms with Gasteiger partial charge in [0.2, 0.25) is 11.8 Å². The molecule has 1 heterocycles. The summed E-state index contributed by atoms with van der Waals surface area (Å²) in [6.45, 7) is 3.91. The standard InChI is InChI=1S/C24H22N2O3/c1-13-4-3-5-14(2)21(13)25-22(27)15-8-10-18(11-9-15)26-23(28)19-16-6-7-17(12-16)20(19)24(26)29/h3-11,16-17,19-20H,12H2,1-2H3,(H,25,27)/t16-,17-,19+,20+/m0/s1. The molecule has 2 aliphatic carbocycles. The predicted molar refractivity (Wildman–Crippen MR) is 111 cm³/mol. The fraction of sp³-hybridized carbons (Fsp3) is 0.292. The number of hydrogen-bond donors (Lipinski definition) is 1. The number of anilines is 2. The maximum Gasteiger partial charge on any atom is 0.255 e. The molecule has 146 valence electrons. The molecular formula is C24H22N2O3. The third-order valence-electron chi connectivity index (χ3n) is 6.58. The van der Waals surface area contributed by atoms with Crippen LogP contribution in [0.3, 0.4) is 0 Å². The van der Waals surface area contributed by atoms with E-state index in [0.29, 0.717) is 11.3 Å². The Morgan fingerprint density at radius 3 is 2.00 bits per heavy atom. The summed E-state index contributed by atoms with van der Waals surface area (Å²) in [6.07, 6.45) is 5.08. The molecule has 1 N–H and O–H groups in total. The molecule has 5 nitrogen and oxygen atoms in total. The van der Waals surface area contributed by atoms with E-state index in [-0.39, 0.29) is 41.4 Å². The summed E-state index contributed by atoms with van der Waals surface area (Å²) in [7, 11) is 0. The van der Waals surface area contributed by atoms with E-state index in [1.165, 1.54) is 4.90 Å². The van der Waals surface area contributed by atoms with Crippen LogP contribution in [-0.4, -0.2) is 17.7 Å². The van der Waals surface area contributed by atoms with Gasteiger partial charge in [-0.15, -0.1) is 0 Å². The Balaban J connectivity index is 1.36. The molecule has 5 rings (SSSR count). The number of fused-ring (bicyclic) bond motifs is 5. The number of carbonyl (C=O) groups is 3. The molecule has 3 amide bonds. The highest BCUT2D eigenvalue weighted by molar-refractivity contribution is 6.23. The number of benzene rings is 2. The third-order valence-corrected chi connectivity index (χ3v) is 6.58. The maximum atomic E-state index is 12.9. The van der Waals surface area contributed by atoms with Gasteiger partial charge in [-0.1, -0.05) is 30.4 Å². The van der Waals surface area contributed by atoms with Gasteiger partial charge in [0.1, 0.15) is 0 Å². The van der Waals surface area contributed by atoms with Crippen molar-refractivity contribution < 1.29 is 14.4 Å². The number of nitrogens with zero attached hydrogens (tertiary/aromatic N) is 1. The molecular weight excluding hydrogens is 364 g/mol. The summed E-state index contributed by atoms with van der Waals surface area (Å²) in [6, 6.07) is 12.6. The topological polar surface area (TPSA) is 66.5 Å². The van der Waals surface area contributed by atoms with E-state index in [0.717, 1.165) is 23.2 Å². The van der Waals surface area contributed by atoms with Crippen molar-refractivity contribution in [1.29, 1.82) is 0 Å². The van der Waals surface area contributed by atoms with E-state index in [1.54, 1.807) is 24.3 Å². The molecule has 3 aliphatic rings. The highest BCUT2D eigenvalue weighted by Gasteiger charge is 2.59. The van der Waals surface area contributed by atoms with Crippen LogP contribution in [0.15, 0.2) is 54.6 Å². The number of amides is 3. The summed E-state index contributed by atoms with van der Waals surface area (Å²) in [5, 5.41) is 2.96. The minimum absolute atomic E-state index is 0.107. The molecule has 2 aromatic rings. The zero-order valence-electron chi connectivity index (χ0n) is 16.4. The van der Waals surface area contributed by atoms with E-state index >= 15 is 0 Å². The monoisotopic (exact) mass is 386 g/mol. The summed E-state index contributed by atoms with van der Waals surface area (Å²) >= 11 is 0. The fourth-order valence-electron chi connectivity index (χ4n) is 5.12. The van der Waals surface area contributed by atoms with E-state index < -0.39 is 0 Å². The van der Waals surface area contributed by atoms with Gasteiger partial charge in [-0.05, 0) is 67.5 Å². The zero-order valence-corrected chi connectivity index (χ0v) is 16.4. The summed E-state index contributed by atoms with van der Waals surface area (Å²) < 4.78 is 0. The van der Waals surface area contributed by atoms with Crippen molar-refractivity contribution in [3.63, 3.8) is 0 Å². The van der Waals surface area contributed by atoms with E-state index in [2.05, 4.69) is 17.5 Å². The number of allylic oxidation sites excluding steroid dienone is 2. The molecule has 4 atom stereocenters. The van der Waals surface area contributed by atoms with Crippen LogP contribution in [0.5, 0.6) is 0 Å². The highest BCUT2D eigenvalue weighted by atomic mass is 16.2. The molecule has 2 bridgehead atoms. The molecule has 1 saturated heterocycles. The molecule has 0 spiro atoms. The van der Waals surface area contributed by atoms with Crippen LogP contribution < -0.4 is 10.2 Å². The Hall–Kier alpha value is -3.21. The first-order chi connectivity index (χ1) is 14.0. The van der Waals surface area contributed by atoms with Gasteiger partial charge >= 0.3 is 0 Å². The van der Waals surface area contributed by atoms with Crippen molar-refractivity contribution in [2.24, 2.45) is 23.7 Å². The Bertz CT molecular complexity index is 1020. The first-order valence-corrected chi connectivity index (χ1v) is 9.99. The molecule has 1 saturated carbocycles. The quantitative estimate of drug-likeness (QED) is 0.643. The Labute approximate surface area is 169 Å². The molecule has 2 fully saturated rings. The minimum atomic E-state index is -0.218. The van der Waals surface area contributed by atoms with Crippen LogP contribution in [0, 0.1) is 37.5 Å². The normalized spacial score (nSPS) is 26.9. The molecule has 0 unspecified atom stereocenters. The predicted octanol–water partition coefficient (Wildman–Crippen LogP) is 3.87. The number of hydrogen-bond acceptors (Lipinski definition) is 3. The van der Waals surface area contributed by atoms with Gasteiger partial charge in [-0.3, -0.25) is 19.3 Å². The summed E-state index contributed by atoms with van der Waals surface area (Å²) in [4.78, 5) is 39.8. The minimum Gasteiger partial charge on any atom is -0.322 e. The molecule has 5 heteroatoms. The van der Waals surface area contributed by atoms with Gasteiger partial charge in [0, 0.05) is 11.3 Å². The van der Waals surface area contributed by atoms with Crippen molar-refractivity contribution >= 4 is 29.1 Å². The lowest BCUT2D eigenvalue weighted by molar-refractivity contribution is -0.123. The zero-order chi connectivity index (χ0) is 20.3. The first kappa shape index (κ1) is 17.9. The highest BCUT2D eigenvalue weighted by Crippen LogP contribution is 2.53.